The second-order valence-corrected chi connectivity index (χ2v) is 5.14. The third-order valence-corrected chi connectivity index (χ3v) is 3.63. The van der Waals surface area contributed by atoms with Crippen LogP contribution in [0.3, 0.4) is 0 Å². The van der Waals surface area contributed by atoms with Crippen molar-refractivity contribution in [3.63, 3.8) is 0 Å². The van der Waals surface area contributed by atoms with Crippen molar-refractivity contribution in [2.24, 2.45) is 7.05 Å². The minimum absolute atomic E-state index is 0.0829. The summed E-state index contributed by atoms with van der Waals surface area (Å²) in [6.07, 6.45) is 2.89. The molecule has 0 N–H and O–H groups in total. The van der Waals surface area contributed by atoms with Crippen LogP contribution >= 0.6 is 0 Å². The third kappa shape index (κ3) is 2.48. The second kappa shape index (κ2) is 5.38. The molecule has 2 aromatic heterocycles. The van der Waals surface area contributed by atoms with Crippen molar-refractivity contribution in [1.82, 2.24) is 14.9 Å². The molecule has 3 heterocycles. The summed E-state index contributed by atoms with van der Waals surface area (Å²) >= 11 is 0. The number of nitrogens with zero attached hydrogens (tertiary/aromatic N) is 3. The predicted molar refractivity (Wildman–Crippen MR) is 71.2 cm³/mol. The Morgan fingerprint density at radius 2 is 2.30 bits per heavy atom. The molecule has 0 saturated heterocycles. The van der Waals surface area contributed by atoms with Gasteiger partial charge in [-0.1, -0.05) is 5.16 Å². The molecule has 0 fully saturated rings. The number of ether oxygens (including phenoxy) is 2. The maximum absolute atomic E-state index is 5.77. The monoisotopic (exact) mass is 277 g/mol. The lowest BCUT2D eigenvalue weighted by atomic mass is 10.1. The van der Waals surface area contributed by atoms with Crippen LogP contribution in [0.4, 0.5) is 0 Å². The summed E-state index contributed by atoms with van der Waals surface area (Å²) in [7, 11) is 1.93. The Bertz CT molecular complexity index is 583. The molecule has 20 heavy (non-hydrogen) atoms. The Balaban J connectivity index is 1.62. The molecule has 0 radical (unpaired) electrons. The first-order valence-electron chi connectivity index (χ1n) is 6.78. The smallest absolute Gasteiger partial charge is 0.139 e. The van der Waals surface area contributed by atoms with Gasteiger partial charge < -0.3 is 14.0 Å². The van der Waals surface area contributed by atoms with E-state index in [0.29, 0.717) is 13.2 Å². The van der Waals surface area contributed by atoms with E-state index >= 15 is 0 Å². The van der Waals surface area contributed by atoms with Gasteiger partial charge in [-0.15, -0.1) is 0 Å². The van der Waals surface area contributed by atoms with Gasteiger partial charge in [0, 0.05) is 18.8 Å². The average Bonchev–Trinajstić information content (AvgIpc) is 2.94. The maximum Gasteiger partial charge on any atom is 0.139 e. The van der Waals surface area contributed by atoms with Crippen molar-refractivity contribution < 1.29 is 14.0 Å². The normalized spacial score (nSPS) is 18.2. The van der Waals surface area contributed by atoms with Crippen molar-refractivity contribution in [3.8, 4) is 0 Å². The molecule has 108 valence electrons. The lowest BCUT2D eigenvalue weighted by molar-refractivity contribution is -0.0323. The van der Waals surface area contributed by atoms with Crippen LogP contribution in [0.5, 0.6) is 0 Å². The van der Waals surface area contributed by atoms with Crippen molar-refractivity contribution in [2.45, 2.75) is 33.0 Å². The van der Waals surface area contributed by atoms with Crippen LogP contribution in [-0.4, -0.2) is 28.2 Å². The fraction of sp³-hybridized carbons (Fsp3) is 0.571. The second-order valence-electron chi connectivity index (χ2n) is 5.14. The highest BCUT2D eigenvalue weighted by atomic mass is 16.5. The van der Waals surface area contributed by atoms with Crippen molar-refractivity contribution >= 4 is 0 Å². The van der Waals surface area contributed by atoms with E-state index in [1.54, 1.807) is 0 Å². The first-order valence-corrected chi connectivity index (χ1v) is 6.78. The molecule has 0 bridgehead atoms. The first-order chi connectivity index (χ1) is 9.65. The molecule has 3 rings (SSSR count). The lowest BCUT2D eigenvalue weighted by Crippen LogP contribution is -2.20. The summed E-state index contributed by atoms with van der Waals surface area (Å²) < 4.78 is 18.5. The van der Waals surface area contributed by atoms with Gasteiger partial charge in [0.05, 0.1) is 31.2 Å². The van der Waals surface area contributed by atoms with Gasteiger partial charge >= 0.3 is 0 Å². The van der Waals surface area contributed by atoms with E-state index < -0.39 is 0 Å². The zero-order valence-corrected chi connectivity index (χ0v) is 12.0. The Kier molecular flexibility index (Phi) is 3.58. The molecule has 0 aromatic carbocycles. The van der Waals surface area contributed by atoms with Gasteiger partial charge in [-0.3, -0.25) is 4.68 Å². The van der Waals surface area contributed by atoms with Gasteiger partial charge in [-0.2, -0.15) is 5.10 Å². The zero-order chi connectivity index (χ0) is 14.1. The Morgan fingerprint density at radius 1 is 1.45 bits per heavy atom. The van der Waals surface area contributed by atoms with E-state index in [9.17, 15) is 0 Å². The summed E-state index contributed by atoms with van der Waals surface area (Å²) in [5, 5.41) is 8.38. The zero-order valence-electron chi connectivity index (χ0n) is 12.0. The number of fused-ring (bicyclic) bond motifs is 1. The summed E-state index contributed by atoms with van der Waals surface area (Å²) in [5.41, 5.74) is 4.15. The molecule has 0 aliphatic carbocycles. The van der Waals surface area contributed by atoms with Gasteiger partial charge in [0.1, 0.15) is 11.9 Å². The van der Waals surface area contributed by atoms with Crippen LogP contribution in [0.1, 0.15) is 34.4 Å². The summed E-state index contributed by atoms with van der Waals surface area (Å²) in [4.78, 5) is 0. The standard InChI is InChI=1S/C14H19N3O3/c1-9-12(10(2)20-16-9)7-18-8-13-14-11(4-5-19-13)6-17(3)15-14/h6,13H,4-5,7-8H2,1-3H3. The van der Waals surface area contributed by atoms with Crippen molar-refractivity contribution in [3.05, 3.63) is 34.5 Å². The van der Waals surface area contributed by atoms with E-state index in [1.165, 1.54) is 5.56 Å². The molecule has 0 saturated carbocycles. The predicted octanol–water partition coefficient (Wildman–Crippen LogP) is 1.86. The molecule has 6 heteroatoms. The fourth-order valence-corrected chi connectivity index (χ4v) is 2.51. The molecule has 1 aliphatic rings. The molecule has 0 amide bonds. The highest BCUT2D eigenvalue weighted by Crippen LogP contribution is 2.26. The lowest BCUT2D eigenvalue weighted by Gasteiger charge is -2.21. The van der Waals surface area contributed by atoms with Crippen LogP contribution in [0.15, 0.2) is 10.7 Å². The van der Waals surface area contributed by atoms with Crippen molar-refractivity contribution in [2.75, 3.05) is 13.2 Å². The quantitative estimate of drug-likeness (QED) is 0.853. The van der Waals surface area contributed by atoms with Gasteiger partial charge in [0.25, 0.3) is 0 Å². The van der Waals surface area contributed by atoms with E-state index in [2.05, 4.69) is 16.5 Å². The summed E-state index contributed by atoms with van der Waals surface area (Å²) in [6.45, 7) is 5.52. The Hall–Kier alpha value is -1.66. The molecule has 6 nitrogen and oxygen atoms in total. The largest absolute Gasteiger partial charge is 0.373 e. The van der Waals surface area contributed by atoms with Gasteiger partial charge in [-0.25, -0.2) is 0 Å². The Morgan fingerprint density at radius 3 is 3.05 bits per heavy atom. The van der Waals surface area contributed by atoms with Crippen molar-refractivity contribution in [1.29, 1.82) is 0 Å². The van der Waals surface area contributed by atoms with Gasteiger partial charge in [0.2, 0.25) is 0 Å². The summed E-state index contributed by atoms with van der Waals surface area (Å²) in [6, 6.07) is 0. The van der Waals surface area contributed by atoms with Crippen LogP contribution in [0.2, 0.25) is 0 Å². The van der Waals surface area contributed by atoms with Gasteiger partial charge in [-0.05, 0) is 25.8 Å². The van der Waals surface area contributed by atoms with Crippen LogP contribution in [-0.2, 0) is 29.5 Å². The number of aromatic nitrogens is 3. The summed E-state index contributed by atoms with van der Waals surface area (Å²) in [5.74, 6) is 0.811. The number of aryl methyl sites for hydroxylation is 3. The molecule has 2 aromatic rings. The van der Waals surface area contributed by atoms with Gasteiger partial charge in [0.15, 0.2) is 0 Å². The highest BCUT2D eigenvalue weighted by Gasteiger charge is 2.24. The number of rotatable bonds is 4. The fourth-order valence-electron chi connectivity index (χ4n) is 2.51. The molecular weight excluding hydrogens is 258 g/mol. The molecule has 0 spiro atoms. The van der Waals surface area contributed by atoms with E-state index in [4.69, 9.17) is 14.0 Å². The van der Waals surface area contributed by atoms with Crippen LogP contribution < -0.4 is 0 Å². The average molecular weight is 277 g/mol. The van der Waals surface area contributed by atoms with E-state index in [0.717, 1.165) is 35.7 Å². The molecule has 1 aliphatic heterocycles. The molecular formula is C14H19N3O3. The maximum atomic E-state index is 5.77. The van der Waals surface area contributed by atoms with E-state index in [1.807, 2.05) is 25.6 Å². The molecule has 1 unspecified atom stereocenters. The first kappa shape index (κ1) is 13.3. The van der Waals surface area contributed by atoms with E-state index in [-0.39, 0.29) is 6.10 Å². The topological polar surface area (TPSA) is 62.3 Å². The highest BCUT2D eigenvalue weighted by molar-refractivity contribution is 5.22. The molecule has 1 atom stereocenters. The SMILES string of the molecule is Cc1noc(C)c1COCC1OCCc2cn(C)nc21. The number of hydrogen-bond donors (Lipinski definition) is 0. The van der Waals surface area contributed by atoms with Crippen LogP contribution in [0.25, 0.3) is 0 Å². The van der Waals surface area contributed by atoms with Crippen LogP contribution in [0, 0.1) is 13.8 Å². The third-order valence-electron chi connectivity index (χ3n) is 3.63. The number of hydrogen-bond acceptors (Lipinski definition) is 5. The minimum Gasteiger partial charge on any atom is -0.373 e. The minimum atomic E-state index is -0.0829. The Labute approximate surface area is 117 Å².